The maximum Gasteiger partial charge on any atom is 0.186 e. The van der Waals surface area contributed by atoms with Crippen LogP contribution >= 0.6 is 0 Å². The molecule has 0 saturated heterocycles. The molecule has 0 aliphatic rings. The van der Waals surface area contributed by atoms with Gasteiger partial charge in [-0.15, -0.1) is 0 Å². The van der Waals surface area contributed by atoms with E-state index in [9.17, 15) is 9.59 Å². The molecule has 3 heteroatoms. The summed E-state index contributed by atoms with van der Waals surface area (Å²) in [6.07, 6.45) is 1.70. The lowest BCUT2D eigenvalue weighted by Gasteiger charge is -2.09. The molecule has 0 unspecified atom stereocenters. The summed E-state index contributed by atoms with van der Waals surface area (Å²) in [6, 6.07) is 25.5. The van der Waals surface area contributed by atoms with Crippen LogP contribution in [0, 0.1) is 0 Å². The van der Waals surface area contributed by atoms with Crippen molar-refractivity contribution in [3.05, 3.63) is 108 Å². The van der Waals surface area contributed by atoms with Crippen molar-refractivity contribution in [3.63, 3.8) is 0 Å². The minimum absolute atomic E-state index is 0.0291. The number of Topliss-reactive ketones (excluding diaryl/α,β-unsaturated/α-hetero) is 1. The van der Waals surface area contributed by atoms with Gasteiger partial charge >= 0.3 is 0 Å². The van der Waals surface area contributed by atoms with Crippen LogP contribution < -0.4 is 4.74 Å². The largest absolute Gasteiger partial charge is 0.497 e. The Morgan fingerprint density at radius 3 is 1.85 bits per heavy atom. The normalized spacial score (nSPS) is 11.1. The van der Waals surface area contributed by atoms with Crippen molar-refractivity contribution in [1.29, 1.82) is 0 Å². The highest BCUT2D eigenvalue weighted by atomic mass is 16.5. The Bertz CT molecular complexity index is 940. The number of carbonyl (C=O) groups is 2. The van der Waals surface area contributed by atoms with Crippen LogP contribution in [0.5, 0.6) is 5.75 Å². The van der Waals surface area contributed by atoms with Crippen LogP contribution in [0.25, 0.3) is 5.57 Å². The maximum absolute atomic E-state index is 12.7. The average Bonchev–Trinajstić information content (AvgIpc) is 2.74. The Balaban J connectivity index is 1.94. The molecule has 0 aliphatic heterocycles. The summed E-state index contributed by atoms with van der Waals surface area (Å²) in [4.78, 5) is 25.3. The van der Waals surface area contributed by atoms with Gasteiger partial charge in [0.05, 0.1) is 7.11 Å². The van der Waals surface area contributed by atoms with Crippen molar-refractivity contribution in [2.24, 2.45) is 0 Å². The summed E-state index contributed by atoms with van der Waals surface area (Å²) in [7, 11) is 1.60. The molecule has 0 spiro atoms. The van der Waals surface area contributed by atoms with Gasteiger partial charge in [0.1, 0.15) is 5.75 Å². The van der Waals surface area contributed by atoms with Gasteiger partial charge in [-0.1, -0.05) is 72.8 Å². The van der Waals surface area contributed by atoms with Crippen LogP contribution in [0.15, 0.2) is 91.0 Å². The van der Waals surface area contributed by atoms with Gasteiger partial charge in [0, 0.05) is 17.5 Å². The smallest absolute Gasteiger partial charge is 0.186 e. The Labute approximate surface area is 158 Å². The molecule has 0 N–H and O–H groups in total. The summed E-state index contributed by atoms with van der Waals surface area (Å²) < 4.78 is 5.20. The number of hydrogen-bond acceptors (Lipinski definition) is 3. The maximum atomic E-state index is 12.7. The minimum Gasteiger partial charge on any atom is -0.497 e. The van der Waals surface area contributed by atoms with E-state index in [4.69, 9.17) is 4.74 Å². The topological polar surface area (TPSA) is 43.4 Å². The summed E-state index contributed by atoms with van der Waals surface area (Å²) in [5, 5.41) is 0. The van der Waals surface area contributed by atoms with E-state index in [1.54, 1.807) is 37.5 Å². The van der Waals surface area contributed by atoms with Crippen LogP contribution in [0.3, 0.4) is 0 Å². The zero-order chi connectivity index (χ0) is 19.1. The van der Waals surface area contributed by atoms with Crippen molar-refractivity contribution in [1.82, 2.24) is 0 Å². The van der Waals surface area contributed by atoms with Gasteiger partial charge in [0.25, 0.3) is 0 Å². The second-order valence-corrected chi connectivity index (χ2v) is 6.09. The predicted molar refractivity (Wildman–Crippen MR) is 107 cm³/mol. The molecule has 3 nitrogen and oxygen atoms in total. The fourth-order valence-electron chi connectivity index (χ4n) is 2.78. The lowest BCUT2D eigenvalue weighted by atomic mass is 9.95. The fourth-order valence-corrected chi connectivity index (χ4v) is 2.78. The van der Waals surface area contributed by atoms with Gasteiger partial charge in [-0.2, -0.15) is 0 Å². The van der Waals surface area contributed by atoms with Crippen LogP contribution in [-0.2, 0) is 0 Å². The molecule has 0 amide bonds. The Morgan fingerprint density at radius 2 is 1.30 bits per heavy atom. The molecule has 3 aromatic rings. The third kappa shape index (κ3) is 4.79. The average molecular weight is 356 g/mol. The second-order valence-electron chi connectivity index (χ2n) is 6.09. The fraction of sp³-hybridized carbons (Fsp3) is 0.0833. The molecule has 0 heterocycles. The predicted octanol–water partition coefficient (Wildman–Crippen LogP) is 5.23. The third-order valence-electron chi connectivity index (χ3n) is 4.27. The van der Waals surface area contributed by atoms with Crippen molar-refractivity contribution in [2.75, 3.05) is 7.11 Å². The SMILES string of the molecule is COc1ccc(/C(=C\C(=O)c2ccccc2)CC(=O)c2ccccc2)cc1. The molecular formula is C24H20O3. The highest BCUT2D eigenvalue weighted by molar-refractivity contribution is 6.11. The number of benzene rings is 3. The van der Waals surface area contributed by atoms with Gasteiger partial charge < -0.3 is 4.74 Å². The van der Waals surface area contributed by atoms with E-state index in [2.05, 4.69) is 0 Å². The first-order valence-corrected chi connectivity index (χ1v) is 8.70. The Morgan fingerprint density at radius 1 is 0.741 bits per heavy atom. The lowest BCUT2D eigenvalue weighted by Crippen LogP contribution is -2.03. The number of ketones is 2. The van der Waals surface area contributed by atoms with E-state index in [0.717, 1.165) is 11.3 Å². The lowest BCUT2D eigenvalue weighted by molar-refractivity contribution is 0.0998. The third-order valence-corrected chi connectivity index (χ3v) is 4.27. The molecule has 0 fully saturated rings. The minimum atomic E-state index is -0.123. The van der Waals surface area contributed by atoms with Gasteiger partial charge in [-0.3, -0.25) is 9.59 Å². The molecule has 0 saturated carbocycles. The molecular weight excluding hydrogens is 336 g/mol. The monoisotopic (exact) mass is 356 g/mol. The van der Waals surface area contributed by atoms with E-state index in [1.165, 1.54) is 0 Å². The summed E-state index contributed by atoms with van der Waals surface area (Å²) in [5.41, 5.74) is 2.73. The zero-order valence-corrected chi connectivity index (χ0v) is 15.1. The van der Waals surface area contributed by atoms with E-state index in [1.807, 2.05) is 60.7 Å². The molecule has 27 heavy (non-hydrogen) atoms. The van der Waals surface area contributed by atoms with Gasteiger partial charge in [-0.25, -0.2) is 0 Å². The van der Waals surface area contributed by atoms with Crippen LogP contribution in [0.2, 0.25) is 0 Å². The molecule has 0 bridgehead atoms. The first-order chi connectivity index (χ1) is 13.2. The highest BCUT2D eigenvalue weighted by Gasteiger charge is 2.13. The molecule has 0 radical (unpaired) electrons. The Kier molecular flexibility index (Phi) is 5.95. The summed E-state index contributed by atoms with van der Waals surface area (Å²) in [6.45, 7) is 0. The Hall–Kier alpha value is -3.46. The number of methoxy groups -OCH3 is 1. The van der Waals surface area contributed by atoms with E-state index < -0.39 is 0 Å². The van der Waals surface area contributed by atoms with Crippen molar-refractivity contribution < 1.29 is 14.3 Å². The molecule has 3 rings (SSSR count). The second kappa shape index (κ2) is 8.77. The first kappa shape index (κ1) is 18.3. The van der Waals surface area contributed by atoms with Crippen LogP contribution in [0.1, 0.15) is 32.7 Å². The van der Waals surface area contributed by atoms with Crippen LogP contribution in [-0.4, -0.2) is 18.7 Å². The van der Waals surface area contributed by atoms with E-state index >= 15 is 0 Å². The number of carbonyl (C=O) groups excluding carboxylic acids is 2. The quantitative estimate of drug-likeness (QED) is 0.430. The van der Waals surface area contributed by atoms with Crippen molar-refractivity contribution in [2.45, 2.75) is 6.42 Å². The molecule has 0 aliphatic carbocycles. The highest BCUT2D eigenvalue weighted by Crippen LogP contribution is 2.24. The standard InChI is InChI=1S/C24H20O3/c1-27-22-14-12-18(13-15-22)21(16-23(25)19-8-4-2-5-9-19)17-24(26)20-10-6-3-7-11-20/h2-16H,17H2,1H3/b21-16-. The number of rotatable bonds is 7. The molecule has 0 aromatic heterocycles. The summed E-state index contributed by atoms with van der Waals surface area (Å²) >= 11 is 0. The van der Waals surface area contributed by atoms with E-state index in [0.29, 0.717) is 16.7 Å². The number of allylic oxidation sites excluding steroid dienone is 2. The number of hydrogen-bond donors (Lipinski definition) is 0. The molecule has 0 atom stereocenters. The number of ether oxygens (including phenoxy) is 1. The van der Waals surface area contributed by atoms with Crippen molar-refractivity contribution in [3.8, 4) is 5.75 Å². The van der Waals surface area contributed by atoms with Gasteiger partial charge in [0.2, 0.25) is 0 Å². The van der Waals surface area contributed by atoms with Crippen molar-refractivity contribution >= 4 is 17.1 Å². The molecule has 134 valence electrons. The van der Waals surface area contributed by atoms with Crippen LogP contribution in [0.4, 0.5) is 0 Å². The zero-order valence-electron chi connectivity index (χ0n) is 15.1. The first-order valence-electron chi connectivity index (χ1n) is 8.70. The van der Waals surface area contributed by atoms with E-state index in [-0.39, 0.29) is 18.0 Å². The van der Waals surface area contributed by atoms with Gasteiger partial charge in [0.15, 0.2) is 11.6 Å². The summed E-state index contributed by atoms with van der Waals surface area (Å²) in [5.74, 6) is 0.572. The molecule has 3 aromatic carbocycles. The van der Waals surface area contributed by atoms with Gasteiger partial charge in [-0.05, 0) is 29.3 Å².